The number of piperazine rings is 1. The van der Waals surface area contributed by atoms with Crippen molar-refractivity contribution in [2.45, 2.75) is 19.4 Å². The summed E-state index contributed by atoms with van der Waals surface area (Å²) < 4.78 is 0. The minimum atomic E-state index is -0.0249. The van der Waals surface area contributed by atoms with Crippen LogP contribution in [-0.2, 0) is 4.79 Å². The molecule has 15 heavy (non-hydrogen) atoms. The summed E-state index contributed by atoms with van der Waals surface area (Å²) in [5.74, 6) is 0.101. The van der Waals surface area contributed by atoms with Crippen molar-refractivity contribution >= 4 is 5.91 Å². The summed E-state index contributed by atoms with van der Waals surface area (Å²) in [6.45, 7) is 9.48. The summed E-state index contributed by atoms with van der Waals surface area (Å²) in [5.41, 5.74) is 1.17. The van der Waals surface area contributed by atoms with Gasteiger partial charge < -0.3 is 10.6 Å². The monoisotopic (exact) mass is 211 g/mol. The van der Waals surface area contributed by atoms with E-state index >= 15 is 0 Å². The zero-order valence-corrected chi connectivity index (χ0v) is 9.68. The Bertz CT molecular complexity index is 240. The van der Waals surface area contributed by atoms with Gasteiger partial charge in [-0.3, -0.25) is 9.69 Å². The molecular weight excluding hydrogens is 190 g/mol. The average Bonchev–Trinajstić information content (AvgIpc) is 2.25. The van der Waals surface area contributed by atoms with E-state index in [0.717, 1.165) is 32.6 Å². The lowest BCUT2D eigenvalue weighted by molar-refractivity contribution is -0.126. The van der Waals surface area contributed by atoms with Gasteiger partial charge in [-0.25, -0.2) is 0 Å². The predicted octanol–water partition coefficient (Wildman–Crippen LogP) is -0.0276. The van der Waals surface area contributed by atoms with Crippen molar-refractivity contribution < 1.29 is 4.79 Å². The highest BCUT2D eigenvalue weighted by Gasteiger charge is 2.27. The van der Waals surface area contributed by atoms with E-state index in [2.05, 4.69) is 22.1 Å². The van der Waals surface area contributed by atoms with Crippen molar-refractivity contribution in [1.82, 2.24) is 15.5 Å². The van der Waals surface area contributed by atoms with Crippen LogP contribution in [0.3, 0.4) is 0 Å². The number of hydrogen-bond donors (Lipinski definition) is 2. The van der Waals surface area contributed by atoms with Gasteiger partial charge in [0.1, 0.15) is 6.04 Å². The molecule has 0 aromatic carbocycles. The summed E-state index contributed by atoms with van der Waals surface area (Å²) in [5, 5.41) is 5.95. The van der Waals surface area contributed by atoms with Gasteiger partial charge in [-0.2, -0.15) is 0 Å². The van der Waals surface area contributed by atoms with Crippen LogP contribution in [0.15, 0.2) is 12.2 Å². The van der Waals surface area contributed by atoms with E-state index in [-0.39, 0.29) is 11.9 Å². The van der Waals surface area contributed by atoms with Gasteiger partial charge >= 0.3 is 0 Å². The largest absolute Gasteiger partial charge is 0.358 e. The van der Waals surface area contributed by atoms with Crippen LogP contribution in [0.1, 0.15) is 13.3 Å². The van der Waals surface area contributed by atoms with Crippen molar-refractivity contribution in [2.75, 3.05) is 33.2 Å². The lowest BCUT2D eigenvalue weighted by Gasteiger charge is -2.34. The Morgan fingerprint density at radius 1 is 1.67 bits per heavy atom. The Balaban J connectivity index is 2.49. The minimum Gasteiger partial charge on any atom is -0.358 e. The summed E-state index contributed by atoms with van der Waals surface area (Å²) >= 11 is 0. The number of nitrogens with zero attached hydrogens (tertiary/aromatic N) is 1. The minimum absolute atomic E-state index is 0.0249. The molecule has 86 valence electrons. The first-order chi connectivity index (χ1) is 7.15. The highest BCUT2D eigenvalue weighted by molar-refractivity contribution is 5.81. The summed E-state index contributed by atoms with van der Waals surface area (Å²) in [6.07, 6.45) is 0.966. The van der Waals surface area contributed by atoms with Gasteiger partial charge in [0.2, 0.25) is 5.91 Å². The van der Waals surface area contributed by atoms with Crippen LogP contribution in [0.4, 0.5) is 0 Å². The highest BCUT2D eigenvalue weighted by atomic mass is 16.2. The van der Waals surface area contributed by atoms with Crippen LogP contribution in [0, 0.1) is 0 Å². The van der Waals surface area contributed by atoms with Gasteiger partial charge in [0.05, 0.1) is 0 Å². The molecule has 0 radical (unpaired) electrons. The van der Waals surface area contributed by atoms with Crippen molar-refractivity contribution in [2.24, 2.45) is 0 Å². The third kappa shape index (κ3) is 3.64. The Labute approximate surface area is 91.7 Å². The molecule has 0 saturated carbocycles. The van der Waals surface area contributed by atoms with Gasteiger partial charge in [-0.15, -0.1) is 6.58 Å². The quantitative estimate of drug-likeness (QED) is 0.642. The van der Waals surface area contributed by atoms with E-state index in [1.165, 1.54) is 5.57 Å². The first kappa shape index (κ1) is 12.2. The van der Waals surface area contributed by atoms with Gasteiger partial charge in [0.15, 0.2) is 0 Å². The first-order valence-electron chi connectivity index (χ1n) is 5.46. The van der Waals surface area contributed by atoms with E-state index in [9.17, 15) is 4.79 Å². The highest BCUT2D eigenvalue weighted by Crippen LogP contribution is 2.07. The van der Waals surface area contributed by atoms with E-state index in [1.807, 2.05) is 6.92 Å². The zero-order chi connectivity index (χ0) is 11.3. The Morgan fingerprint density at radius 2 is 2.40 bits per heavy atom. The molecule has 0 bridgehead atoms. The zero-order valence-electron chi connectivity index (χ0n) is 9.68. The molecule has 1 rings (SSSR count). The first-order valence-corrected chi connectivity index (χ1v) is 5.46. The number of hydrogen-bond acceptors (Lipinski definition) is 3. The van der Waals surface area contributed by atoms with Gasteiger partial charge in [-0.1, -0.05) is 5.57 Å². The molecule has 4 heteroatoms. The fourth-order valence-electron chi connectivity index (χ4n) is 1.77. The SMILES string of the molecule is C=C(C)CCN1CCNCC1C(=O)NC. The van der Waals surface area contributed by atoms with E-state index in [0.29, 0.717) is 0 Å². The number of carbonyl (C=O) groups is 1. The second-order valence-corrected chi connectivity index (χ2v) is 4.08. The van der Waals surface area contributed by atoms with Crippen LogP contribution in [0.25, 0.3) is 0 Å². The number of amides is 1. The maximum absolute atomic E-state index is 11.6. The topological polar surface area (TPSA) is 44.4 Å². The molecular formula is C11H21N3O. The second-order valence-electron chi connectivity index (χ2n) is 4.08. The predicted molar refractivity (Wildman–Crippen MR) is 61.7 cm³/mol. The molecule has 1 amide bonds. The van der Waals surface area contributed by atoms with Gasteiger partial charge in [-0.05, 0) is 13.3 Å². The van der Waals surface area contributed by atoms with Crippen LogP contribution in [-0.4, -0.2) is 50.1 Å². The van der Waals surface area contributed by atoms with Gasteiger partial charge in [0, 0.05) is 33.2 Å². The molecule has 2 N–H and O–H groups in total. The molecule has 1 saturated heterocycles. The van der Waals surface area contributed by atoms with Crippen molar-refractivity contribution in [1.29, 1.82) is 0 Å². The second kappa shape index (κ2) is 5.88. The maximum Gasteiger partial charge on any atom is 0.238 e. The molecule has 0 aromatic rings. The molecule has 1 heterocycles. The maximum atomic E-state index is 11.6. The van der Waals surface area contributed by atoms with Crippen LogP contribution in [0.5, 0.6) is 0 Å². The summed E-state index contributed by atoms with van der Waals surface area (Å²) in [7, 11) is 1.69. The fraction of sp³-hybridized carbons (Fsp3) is 0.727. The molecule has 0 spiro atoms. The standard InChI is InChI=1S/C11H21N3O/c1-9(2)4-6-14-7-5-13-8-10(14)11(15)12-3/h10,13H,1,4-8H2,2-3H3,(H,12,15). The summed E-state index contributed by atoms with van der Waals surface area (Å²) in [4.78, 5) is 13.8. The third-order valence-corrected chi connectivity index (χ3v) is 2.73. The number of carbonyl (C=O) groups excluding carboxylic acids is 1. The molecule has 1 unspecified atom stereocenters. The molecule has 4 nitrogen and oxygen atoms in total. The van der Waals surface area contributed by atoms with E-state index < -0.39 is 0 Å². The number of rotatable bonds is 4. The fourth-order valence-corrected chi connectivity index (χ4v) is 1.77. The number of likely N-dealkylation sites (N-methyl/N-ethyl adjacent to an activating group) is 1. The third-order valence-electron chi connectivity index (χ3n) is 2.73. The van der Waals surface area contributed by atoms with E-state index in [1.54, 1.807) is 7.05 Å². The molecule has 0 aliphatic carbocycles. The number of nitrogens with one attached hydrogen (secondary N) is 2. The molecule has 0 aromatic heterocycles. The molecule has 1 fully saturated rings. The molecule has 1 aliphatic rings. The Kier molecular flexibility index (Phi) is 4.78. The lowest BCUT2D eigenvalue weighted by atomic mass is 10.1. The van der Waals surface area contributed by atoms with Crippen molar-refractivity contribution in [3.63, 3.8) is 0 Å². The molecule has 1 aliphatic heterocycles. The molecule has 1 atom stereocenters. The van der Waals surface area contributed by atoms with Crippen molar-refractivity contribution in [3.05, 3.63) is 12.2 Å². The average molecular weight is 211 g/mol. The van der Waals surface area contributed by atoms with Gasteiger partial charge in [0.25, 0.3) is 0 Å². The normalized spacial score (nSPS) is 22.4. The summed E-state index contributed by atoms with van der Waals surface area (Å²) in [6, 6.07) is -0.0249. The van der Waals surface area contributed by atoms with Crippen molar-refractivity contribution in [3.8, 4) is 0 Å². The van der Waals surface area contributed by atoms with Crippen LogP contribution < -0.4 is 10.6 Å². The Morgan fingerprint density at radius 3 is 3.00 bits per heavy atom. The smallest absolute Gasteiger partial charge is 0.238 e. The van der Waals surface area contributed by atoms with Crippen LogP contribution >= 0.6 is 0 Å². The van der Waals surface area contributed by atoms with Crippen LogP contribution in [0.2, 0.25) is 0 Å². The van der Waals surface area contributed by atoms with E-state index in [4.69, 9.17) is 0 Å². The lowest BCUT2D eigenvalue weighted by Crippen LogP contribution is -2.57. The Hall–Kier alpha value is -0.870.